The Kier molecular flexibility index (Phi) is 3.94. The number of carbonyl (C=O) groups excluding carboxylic acids is 1. The van der Waals surface area contributed by atoms with E-state index in [0.29, 0.717) is 17.0 Å². The summed E-state index contributed by atoms with van der Waals surface area (Å²) in [5, 5.41) is 15.2. The van der Waals surface area contributed by atoms with Crippen LogP contribution in [-0.4, -0.2) is 21.1 Å². The first-order valence-corrected chi connectivity index (χ1v) is 5.17. The van der Waals surface area contributed by atoms with E-state index in [9.17, 15) is 4.79 Å². The molecule has 3 N–H and O–H groups in total. The topological polar surface area (TPSA) is 95.6 Å². The Morgan fingerprint density at radius 3 is 3.13 bits per heavy atom. The van der Waals surface area contributed by atoms with Gasteiger partial charge in [0.15, 0.2) is 10.9 Å². The molecule has 1 aromatic heterocycles. The number of anilines is 1. The van der Waals surface area contributed by atoms with E-state index < -0.39 is 0 Å². The largest absolute Gasteiger partial charge is 0.381 e. The van der Waals surface area contributed by atoms with Crippen LogP contribution in [0.5, 0.6) is 0 Å². The highest BCUT2D eigenvalue weighted by Crippen LogP contribution is 2.13. The van der Waals surface area contributed by atoms with Gasteiger partial charge in [-0.25, -0.2) is 0 Å². The van der Waals surface area contributed by atoms with Crippen LogP contribution in [0, 0.1) is 11.3 Å². The third kappa shape index (κ3) is 3.14. The molecule has 0 spiro atoms. The fourth-order valence-electron chi connectivity index (χ4n) is 0.940. The zero-order chi connectivity index (χ0) is 11.3. The van der Waals surface area contributed by atoms with Crippen LogP contribution in [0.1, 0.15) is 18.2 Å². The molecule has 0 saturated carbocycles. The van der Waals surface area contributed by atoms with E-state index in [4.69, 9.17) is 11.0 Å². The number of nitriles is 1. The Morgan fingerprint density at radius 2 is 2.53 bits per heavy atom. The van der Waals surface area contributed by atoms with Gasteiger partial charge in [0.25, 0.3) is 0 Å². The Morgan fingerprint density at radius 1 is 1.80 bits per heavy atom. The van der Waals surface area contributed by atoms with Crippen molar-refractivity contribution < 1.29 is 4.79 Å². The van der Waals surface area contributed by atoms with Crippen molar-refractivity contribution in [3.8, 4) is 6.07 Å². The van der Waals surface area contributed by atoms with Gasteiger partial charge in [-0.3, -0.25) is 9.89 Å². The van der Waals surface area contributed by atoms with Crippen LogP contribution < -0.4 is 5.73 Å². The number of nitrogens with zero attached hydrogens (tertiary/aromatic N) is 2. The number of rotatable bonds is 3. The van der Waals surface area contributed by atoms with Crippen LogP contribution in [0.4, 0.5) is 5.82 Å². The van der Waals surface area contributed by atoms with Crippen LogP contribution in [0.25, 0.3) is 6.08 Å². The molecule has 0 saturated heterocycles. The molecule has 1 rings (SSSR count). The second kappa shape index (κ2) is 5.22. The SMILES string of the molecule is CC(=O)SCC=Cc1[nH]nc(N)c1C#N. The van der Waals surface area contributed by atoms with Crippen molar-refractivity contribution in [3.63, 3.8) is 0 Å². The number of aromatic amines is 1. The number of hydrogen-bond donors (Lipinski definition) is 2. The second-order valence-electron chi connectivity index (χ2n) is 2.71. The number of carbonyl (C=O) groups is 1. The summed E-state index contributed by atoms with van der Waals surface area (Å²) in [6, 6.07) is 1.95. The molecule has 5 nitrogen and oxygen atoms in total. The van der Waals surface area contributed by atoms with Crippen LogP contribution in [0.3, 0.4) is 0 Å². The lowest BCUT2D eigenvalue weighted by molar-refractivity contribution is -0.109. The third-order valence-electron chi connectivity index (χ3n) is 1.60. The quantitative estimate of drug-likeness (QED) is 0.800. The maximum atomic E-state index is 10.6. The number of nitrogens with one attached hydrogen (secondary N) is 1. The van der Waals surface area contributed by atoms with Gasteiger partial charge in [-0.2, -0.15) is 10.4 Å². The molecule has 0 aliphatic rings. The van der Waals surface area contributed by atoms with Crippen molar-refractivity contribution in [2.45, 2.75) is 6.92 Å². The first-order chi connectivity index (χ1) is 7.15. The standard InChI is InChI=1S/C9H10N4OS/c1-6(14)15-4-2-3-8-7(5-10)9(11)13-12-8/h2-3H,4H2,1H3,(H3,11,12,13). The fraction of sp³-hybridized carbons (Fsp3) is 0.222. The number of aromatic nitrogens is 2. The first-order valence-electron chi connectivity index (χ1n) is 4.19. The minimum absolute atomic E-state index is 0.0595. The van der Waals surface area contributed by atoms with E-state index in [1.807, 2.05) is 6.07 Å². The van der Waals surface area contributed by atoms with Crippen molar-refractivity contribution in [3.05, 3.63) is 17.3 Å². The zero-order valence-corrected chi connectivity index (χ0v) is 8.97. The van der Waals surface area contributed by atoms with Crippen LogP contribution in [0.2, 0.25) is 0 Å². The second-order valence-corrected chi connectivity index (χ2v) is 3.91. The molecular weight excluding hydrogens is 212 g/mol. The third-order valence-corrected chi connectivity index (χ3v) is 2.37. The summed E-state index contributed by atoms with van der Waals surface area (Å²) < 4.78 is 0. The normalized spacial score (nSPS) is 10.4. The van der Waals surface area contributed by atoms with Crippen LogP contribution >= 0.6 is 11.8 Å². The molecule has 78 valence electrons. The molecular formula is C9H10N4OS. The lowest BCUT2D eigenvalue weighted by atomic mass is 10.2. The highest BCUT2D eigenvalue weighted by Gasteiger charge is 2.06. The van der Waals surface area contributed by atoms with Crippen LogP contribution in [0.15, 0.2) is 6.08 Å². The van der Waals surface area contributed by atoms with Crippen molar-refractivity contribution in [2.24, 2.45) is 0 Å². The Balaban J connectivity index is 2.65. The summed E-state index contributed by atoms with van der Waals surface area (Å²) in [7, 11) is 0. The Bertz CT molecular complexity index is 430. The van der Waals surface area contributed by atoms with Crippen molar-refractivity contribution in [1.82, 2.24) is 10.2 Å². The van der Waals surface area contributed by atoms with E-state index in [1.54, 1.807) is 12.2 Å². The van der Waals surface area contributed by atoms with Gasteiger partial charge in [-0.05, 0) is 6.08 Å². The van der Waals surface area contributed by atoms with Gasteiger partial charge in [0.05, 0.1) is 5.69 Å². The molecule has 0 aliphatic heterocycles. The summed E-state index contributed by atoms with van der Waals surface area (Å²) in [5.41, 5.74) is 6.35. The van der Waals surface area contributed by atoms with E-state index in [2.05, 4.69) is 10.2 Å². The van der Waals surface area contributed by atoms with Gasteiger partial charge in [0.2, 0.25) is 0 Å². The first kappa shape index (κ1) is 11.3. The maximum absolute atomic E-state index is 10.6. The molecule has 0 atom stereocenters. The summed E-state index contributed by atoms with van der Waals surface area (Å²) in [6.45, 7) is 1.51. The fourth-order valence-corrected chi connectivity index (χ4v) is 1.37. The number of nitrogens with two attached hydrogens (primary N) is 1. The highest BCUT2D eigenvalue weighted by molar-refractivity contribution is 8.13. The number of thioether (sulfide) groups is 1. The Labute approximate surface area is 91.3 Å². The average molecular weight is 222 g/mol. The lowest BCUT2D eigenvalue weighted by Gasteiger charge is -1.89. The van der Waals surface area contributed by atoms with Gasteiger partial charge < -0.3 is 5.73 Å². The highest BCUT2D eigenvalue weighted by atomic mass is 32.2. The molecule has 0 unspecified atom stereocenters. The van der Waals surface area contributed by atoms with Gasteiger partial charge in [-0.15, -0.1) is 0 Å². The van der Waals surface area contributed by atoms with Gasteiger partial charge in [0.1, 0.15) is 11.6 Å². The lowest BCUT2D eigenvalue weighted by Crippen LogP contribution is -1.87. The molecule has 0 aliphatic carbocycles. The molecule has 0 radical (unpaired) electrons. The predicted molar refractivity (Wildman–Crippen MR) is 59.9 cm³/mol. The molecule has 0 bridgehead atoms. The predicted octanol–water partition coefficient (Wildman–Crippen LogP) is 1.16. The van der Waals surface area contributed by atoms with Gasteiger partial charge in [-0.1, -0.05) is 17.8 Å². The van der Waals surface area contributed by atoms with Gasteiger partial charge in [0, 0.05) is 12.7 Å². The van der Waals surface area contributed by atoms with Crippen molar-refractivity contribution in [2.75, 3.05) is 11.5 Å². The summed E-state index contributed by atoms with van der Waals surface area (Å²) >= 11 is 1.20. The smallest absolute Gasteiger partial charge is 0.186 e. The molecule has 15 heavy (non-hydrogen) atoms. The van der Waals surface area contributed by atoms with Gasteiger partial charge >= 0.3 is 0 Å². The van der Waals surface area contributed by atoms with E-state index in [0.717, 1.165) is 0 Å². The van der Waals surface area contributed by atoms with Crippen molar-refractivity contribution in [1.29, 1.82) is 5.26 Å². The zero-order valence-electron chi connectivity index (χ0n) is 8.15. The summed E-state index contributed by atoms with van der Waals surface area (Å²) in [4.78, 5) is 10.6. The molecule has 1 heterocycles. The number of H-pyrrole nitrogens is 1. The molecule has 0 amide bonds. The van der Waals surface area contributed by atoms with E-state index in [1.165, 1.54) is 18.7 Å². The number of hydrogen-bond acceptors (Lipinski definition) is 5. The van der Waals surface area contributed by atoms with Crippen molar-refractivity contribution >= 4 is 28.8 Å². The molecule has 0 aromatic carbocycles. The summed E-state index contributed by atoms with van der Waals surface area (Å²) in [6.07, 6.45) is 3.47. The monoisotopic (exact) mass is 222 g/mol. The average Bonchev–Trinajstić information content (AvgIpc) is 2.53. The molecule has 6 heteroatoms. The van der Waals surface area contributed by atoms with E-state index >= 15 is 0 Å². The van der Waals surface area contributed by atoms with E-state index in [-0.39, 0.29) is 10.9 Å². The molecule has 1 aromatic rings. The molecule has 0 fully saturated rings. The minimum Gasteiger partial charge on any atom is -0.381 e. The summed E-state index contributed by atoms with van der Waals surface area (Å²) in [5.74, 6) is 0.760. The van der Waals surface area contributed by atoms with Crippen LogP contribution in [-0.2, 0) is 4.79 Å². The maximum Gasteiger partial charge on any atom is 0.186 e. The Hall–Kier alpha value is -1.74. The number of nitrogen functional groups attached to an aromatic ring is 1. The minimum atomic E-state index is 0.0595.